The largest absolute Gasteiger partial charge is 0.352 e. The van der Waals surface area contributed by atoms with Crippen LogP contribution in [0.1, 0.15) is 59.2 Å². The van der Waals surface area contributed by atoms with Crippen LogP contribution in [0.25, 0.3) is 0 Å². The fourth-order valence-corrected chi connectivity index (χ4v) is 5.05. The molecule has 1 N–H and O–H groups in total. The molecule has 1 unspecified atom stereocenters. The number of aromatic nitrogens is 1. The van der Waals surface area contributed by atoms with Crippen LogP contribution in [-0.4, -0.2) is 28.9 Å². The lowest BCUT2D eigenvalue weighted by atomic mass is 10.0. The van der Waals surface area contributed by atoms with Gasteiger partial charge in [0.05, 0.1) is 11.3 Å². The molecule has 1 atom stereocenters. The Balaban J connectivity index is 1.35. The third kappa shape index (κ3) is 4.09. The second-order valence-corrected chi connectivity index (χ2v) is 9.59. The third-order valence-electron chi connectivity index (χ3n) is 6.18. The Bertz CT molecular complexity index is 825. The molecule has 0 saturated heterocycles. The van der Waals surface area contributed by atoms with Gasteiger partial charge in [-0.25, -0.2) is 0 Å². The highest BCUT2D eigenvalue weighted by molar-refractivity contribution is 7.10. The van der Waals surface area contributed by atoms with E-state index in [4.69, 9.17) is 0 Å². The SMILES string of the molecule is CCc1ccc(CN2CCc3c(C(=O)NCC4CC4(C)C)csc3C2)nc1. The highest BCUT2D eigenvalue weighted by Crippen LogP contribution is 2.51. The number of carbonyl (C=O) groups is 1. The van der Waals surface area contributed by atoms with Crippen LogP contribution in [-0.2, 0) is 25.9 Å². The molecule has 144 valence electrons. The van der Waals surface area contributed by atoms with Crippen molar-refractivity contribution >= 4 is 17.2 Å². The highest BCUT2D eigenvalue weighted by atomic mass is 32.1. The molecule has 0 aromatic carbocycles. The van der Waals surface area contributed by atoms with Crippen molar-refractivity contribution < 1.29 is 4.79 Å². The first kappa shape index (κ1) is 18.6. The number of fused-ring (bicyclic) bond motifs is 1. The first-order chi connectivity index (χ1) is 13.0. The summed E-state index contributed by atoms with van der Waals surface area (Å²) in [6.07, 6.45) is 5.18. The molecule has 0 spiro atoms. The first-order valence-corrected chi connectivity index (χ1v) is 10.9. The second kappa shape index (κ2) is 7.36. The zero-order valence-electron chi connectivity index (χ0n) is 16.5. The minimum Gasteiger partial charge on any atom is -0.352 e. The van der Waals surface area contributed by atoms with Crippen LogP contribution in [0.3, 0.4) is 0 Å². The Labute approximate surface area is 166 Å². The van der Waals surface area contributed by atoms with E-state index in [2.05, 4.69) is 53.5 Å². The van der Waals surface area contributed by atoms with Crippen molar-refractivity contribution in [3.05, 3.63) is 51.0 Å². The van der Waals surface area contributed by atoms with Crippen molar-refractivity contribution in [1.82, 2.24) is 15.2 Å². The van der Waals surface area contributed by atoms with Crippen LogP contribution >= 0.6 is 11.3 Å². The normalized spacial score (nSPS) is 20.9. The number of carbonyl (C=O) groups excluding carboxylic acids is 1. The van der Waals surface area contributed by atoms with Gasteiger partial charge in [-0.3, -0.25) is 14.7 Å². The average Bonchev–Trinajstić information content (AvgIpc) is 3.08. The summed E-state index contributed by atoms with van der Waals surface area (Å²) in [6, 6.07) is 4.31. The topological polar surface area (TPSA) is 45.2 Å². The fraction of sp³-hybridized carbons (Fsp3) is 0.545. The highest BCUT2D eigenvalue weighted by Gasteiger charge is 2.45. The molecule has 1 aliphatic heterocycles. The number of nitrogens with one attached hydrogen (secondary N) is 1. The van der Waals surface area contributed by atoms with Crippen LogP contribution in [0.4, 0.5) is 0 Å². The minimum atomic E-state index is 0.112. The van der Waals surface area contributed by atoms with Crippen molar-refractivity contribution in [2.24, 2.45) is 11.3 Å². The van der Waals surface area contributed by atoms with Gasteiger partial charge in [-0.2, -0.15) is 0 Å². The van der Waals surface area contributed by atoms with Crippen LogP contribution in [0.2, 0.25) is 0 Å². The number of amides is 1. The predicted molar refractivity (Wildman–Crippen MR) is 110 cm³/mol. The van der Waals surface area contributed by atoms with Crippen molar-refractivity contribution in [2.45, 2.75) is 53.1 Å². The van der Waals surface area contributed by atoms with Crippen LogP contribution in [0.15, 0.2) is 23.7 Å². The molecular formula is C22H29N3OS. The number of hydrogen-bond acceptors (Lipinski definition) is 4. The van der Waals surface area contributed by atoms with E-state index in [0.29, 0.717) is 11.3 Å². The monoisotopic (exact) mass is 383 g/mol. The summed E-state index contributed by atoms with van der Waals surface area (Å²) in [5, 5.41) is 5.21. The lowest BCUT2D eigenvalue weighted by Gasteiger charge is -2.27. The predicted octanol–water partition coefficient (Wildman–Crippen LogP) is 4.04. The van der Waals surface area contributed by atoms with Gasteiger partial charge in [0.2, 0.25) is 0 Å². The molecule has 2 aromatic rings. The van der Waals surface area contributed by atoms with Crippen molar-refractivity contribution in [3.63, 3.8) is 0 Å². The maximum Gasteiger partial charge on any atom is 0.252 e. The Kier molecular flexibility index (Phi) is 5.08. The Hall–Kier alpha value is -1.72. The molecule has 1 aliphatic carbocycles. The van der Waals surface area contributed by atoms with Gasteiger partial charge in [0, 0.05) is 42.6 Å². The average molecular weight is 384 g/mol. The van der Waals surface area contributed by atoms with Crippen molar-refractivity contribution in [3.8, 4) is 0 Å². The van der Waals surface area contributed by atoms with Crippen molar-refractivity contribution in [1.29, 1.82) is 0 Å². The lowest BCUT2D eigenvalue weighted by Crippen LogP contribution is -2.32. The molecule has 0 radical (unpaired) electrons. The number of thiophene rings is 1. The van der Waals surface area contributed by atoms with Crippen LogP contribution < -0.4 is 5.32 Å². The summed E-state index contributed by atoms with van der Waals surface area (Å²) in [6.45, 7) is 10.3. The minimum absolute atomic E-state index is 0.112. The molecule has 4 nitrogen and oxygen atoms in total. The summed E-state index contributed by atoms with van der Waals surface area (Å²) >= 11 is 1.73. The zero-order valence-corrected chi connectivity index (χ0v) is 17.4. The third-order valence-corrected chi connectivity index (χ3v) is 7.19. The number of hydrogen-bond donors (Lipinski definition) is 1. The smallest absolute Gasteiger partial charge is 0.252 e. The van der Waals surface area contributed by atoms with E-state index in [1.54, 1.807) is 11.3 Å². The number of aryl methyl sites for hydroxylation is 1. The van der Waals surface area contributed by atoms with E-state index in [1.165, 1.54) is 22.4 Å². The van der Waals surface area contributed by atoms with Crippen LogP contribution in [0.5, 0.6) is 0 Å². The number of pyridine rings is 1. The molecule has 1 fully saturated rings. The van der Waals surface area contributed by atoms with Gasteiger partial charge in [-0.15, -0.1) is 11.3 Å². The van der Waals surface area contributed by atoms with Gasteiger partial charge < -0.3 is 5.32 Å². The van der Waals surface area contributed by atoms with E-state index >= 15 is 0 Å². The van der Waals surface area contributed by atoms with Gasteiger partial charge >= 0.3 is 0 Å². The van der Waals surface area contributed by atoms with Crippen molar-refractivity contribution in [2.75, 3.05) is 13.1 Å². The lowest BCUT2D eigenvalue weighted by molar-refractivity contribution is 0.0949. The maximum atomic E-state index is 12.6. The van der Waals surface area contributed by atoms with Gasteiger partial charge in [0.1, 0.15) is 0 Å². The Morgan fingerprint density at radius 2 is 2.22 bits per heavy atom. The summed E-state index contributed by atoms with van der Waals surface area (Å²) in [5.74, 6) is 0.749. The van der Waals surface area contributed by atoms with Gasteiger partial charge in [-0.1, -0.05) is 26.8 Å². The quantitative estimate of drug-likeness (QED) is 0.819. The molecule has 2 aliphatic rings. The van der Waals surface area contributed by atoms with E-state index in [-0.39, 0.29) is 5.91 Å². The van der Waals surface area contributed by atoms with E-state index < -0.39 is 0 Å². The standard InChI is InChI=1S/C22H29N3OS/c1-4-15-5-6-17(23-10-15)12-25-8-7-18-19(14-27-20(18)13-25)21(26)24-11-16-9-22(16,2)3/h5-6,10,14,16H,4,7-9,11-13H2,1-3H3,(H,24,26). The second-order valence-electron chi connectivity index (χ2n) is 8.62. The summed E-state index contributed by atoms with van der Waals surface area (Å²) in [4.78, 5) is 21.0. The molecule has 2 aromatic heterocycles. The molecule has 4 rings (SSSR count). The van der Waals surface area contributed by atoms with E-state index in [0.717, 1.165) is 50.3 Å². The Morgan fingerprint density at radius 1 is 1.41 bits per heavy atom. The summed E-state index contributed by atoms with van der Waals surface area (Å²) in [7, 11) is 0. The Morgan fingerprint density at radius 3 is 2.89 bits per heavy atom. The number of rotatable bonds is 6. The van der Waals surface area contributed by atoms with Gasteiger partial charge in [0.15, 0.2) is 0 Å². The van der Waals surface area contributed by atoms with Gasteiger partial charge in [-0.05, 0) is 47.8 Å². The molecular weight excluding hydrogens is 354 g/mol. The zero-order chi connectivity index (χ0) is 19.0. The molecule has 0 bridgehead atoms. The fourth-order valence-electron chi connectivity index (χ4n) is 3.93. The molecule has 1 saturated carbocycles. The summed E-state index contributed by atoms with van der Waals surface area (Å²) in [5.41, 5.74) is 4.97. The molecule has 1 amide bonds. The van der Waals surface area contributed by atoms with Crippen LogP contribution in [0, 0.1) is 11.3 Å². The molecule has 3 heterocycles. The molecule has 27 heavy (non-hydrogen) atoms. The first-order valence-electron chi connectivity index (χ1n) is 10.00. The summed E-state index contributed by atoms with van der Waals surface area (Å²) < 4.78 is 0. The molecule has 5 heteroatoms. The number of nitrogens with zero attached hydrogens (tertiary/aromatic N) is 2. The van der Waals surface area contributed by atoms with E-state index in [9.17, 15) is 4.79 Å². The maximum absolute atomic E-state index is 12.6. The van der Waals surface area contributed by atoms with Gasteiger partial charge in [0.25, 0.3) is 5.91 Å². The van der Waals surface area contributed by atoms with E-state index in [1.807, 2.05) is 6.20 Å².